The number of nitrogens with zero attached hydrogens (tertiary/aromatic N) is 1. The zero-order chi connectivity index (χ0) is 16.1. The smallest absolute Gasteiger partial charge is 0.229 e. The molecule has 0 saturated carbocycles. The lowest BCUT2D eigenvalue weighted by atomic mass is 10.2. The molecule has 1 fully saturated rings. The number of anilines is 1. The number of hydrogen-bond donors (Lipinski definition) is 1. The minimum absolute atomic E-state index is 0.00513. The van der Waals surface area contributed by atoms with E-state index < -0.39 is 0 Å². The van der Waals surface area contributed by atoms with Crippen molar-refractivity contribution in [2.75, 3.05) is 25.7 Å². The number of carbonyl (C=O) groups excluding carboxylic acids is 2. The van der Waals surface area contributed by atoms with E-state index in [1.165, 1.54) is 0 Å². The number of rotatable bonds is 6. The number of nitrogens with one attached hydrogen (secondary N) is 1. The van der Waals surface area contributed by atoms with Gasteiger partial charge in [-0.3, -0.25) is 9.59 Å². The van der Waals surface area contributed by atoms with E-state index in [2.05, 4.69) is 5.32 Å². The zero-order valence-electron chi connectivity index (χ0n) is 13.2. The van der Waals surface area contributed by atoms with Crippen LogP contribution < -0.4 is 19.7 Å². The molecule has 0 bridgehead atoms. The Hall–Kier alpha value is -2.24. The summed E-state index contributed by atoms with van der Waals surface area (Å²) in [4.78, 5) is 25.5. The SMILES string of the molecule is CCCC(=O)N[C@@H]1CC(=O)N(c2ccc(OC)c(OC)c2)C1. The first-order valence-corrected chi connectivity index (χ1v) is 7.40. The Kier molecular flexibility index (Phi) is 5.25. The van der Waals surface area contributed by atoms with Gasteiger partial charge in [0.05, 0.1) is 20.3 Å². The molecule has 0 unspecified atom stereocenters. The summed E-state index contributed by atoms with van der Waals surface area (Å²) < 4.78 is 10.5. The van der Waals surface area contributed by atoms with E-state index in [-0.39, 0.29) is 17.9 Å². The first-order chi connectivity index (χ1) is 10.6. The molecule has 1 aromatic carbocycles. The van der Waals surface area contributed by atoms with E-state index in [1.807, 2.05) is 13.0 Å². The van der Waals surface area contributed by atoms with Crippen molar-refractivity contribution < 1.29 is 19.1 Å². The lowest BCUT2D eigenvalue weighted by Gasteiger charge is -2.19. The molecule has 1 heterocycles. The van der Waals surface area contributed by atoms with E-state index in [1.54, 1.807) is 31.3 Å². The highest BCUT2D eigenvalue weighted by Gasteiger charge is 2.31. The van der Waals surface area contributed by atoms with Gasteiger partial charge in [-0.05, 0) is 18.6 Å². The van der Waals surface area contributed by atoms with Gasteiger partial charge in [-0.15, -0.1) is 0 Å². The lowest BCUT2D eigenvalue weighted by molar-refractivity contribution is -0.121. The second kappa shape index (κ2) is 7.15. The molecule has 0 aliphatic carbocycles. The van der Waals surface area contributed by atoms with Gasteiger partial charge in [0.15, 0.2) is 11.5 Å². The lowest BCUT2D eigenvalue weighted by Crippen LogP contribution is -2.36. The molecule has 1 N–H and O–H groups in total. The first kappa shape index (κ1) is 16.1. The van der Waals surface area contributed by atoms with Crippen LogP contribution in [0.1, 0.15) is 26.2 Å². The van der Waals surface area contributed by atoms with E-state index in [0.29, 0.717) is 30.9 Å². The van der Waals surface area contributed by atoms with Crippen molar-refractivity contribution in [3.63, 3.8) is 0 Å². The highest BCUT2D eigenvalue weighted by Crippen LogP contribution is 2.33. The minimum atomic E-state index is -0.139. The Morgan fingerprint density at radius 2 is 2.05 bits per heavy atom. The molecule has 22 heavy (non-hydrogen) atoms. The van der Waals surface area contributed by atoms with Crippen molar-refractivity contribution in [1.82, 2.24) is 5.32 Å². The summed E-state index contributed by atoms with van der Waals surface area (Å²) in [5.41, 5.74) is 0.745. The summed E-state index contributed by atoms with van der Waals surface area (Å²) in [6.07, 6.45) is 1.61. The average molecular weight is 306 g/mol. The molecule has 1 atom stereocenters. The van der Waals surface area contributed by atoms with Crippen LogP contribution in [0.2, 0.25) is 0 Å². The van der Waals surface area contributed by atoms with Crippen molar-refractivity contribution in [3.05, 3.63) is 18.2 Å². The number of carbonyl (C=O) groups is 2. The molecule has 1 aliphatic heterocycles. The van der Waals surface area contributed by atoms with Gasteiger partial charge < -0.3 is 19.7 Å². The predicted molar refractivity (Wildman–Crippen MR) is 83.4 cm³/mol. The Labute approximate surface area is 130 Å². The van der Waals surface area contributed by atoms with Crippen LogP contribution in [0.4, 0.5) is 5.69 Å². The van der Waals surface area contributed by atoms with E-state index in [9.17, 15) is 9.59 Å². The number of hydrogen-bond acceptors (Lipinski definition) is 4. The van der Waals surface area contributed by atoms with Gasteiger partial charge in [-0.1, -0.05) is 6.92 Å². The molecule has 0 spiro atoms. The second-order valence-corrected chi connectivity index (χ2v) is 5.26. The summed E-state index contributed by atoms with van der Waals surface area (Å²) >= 11 is 0. The third-order valence-electron chi connectivity index (χ3n) is 3.65. The fourth-order valence-electron chi connectivity index (χ4n) is 2.57. The monoisotopic (exact) mass is 306 g/mol. The topological polar surface area (TPSA) is 67.9 Å². The van der Waals surface area contributed by atoms with Crippen molar-refractivity contribution >= 4 is 17.5 Å². The van der Waals surface area contributed by atoms with Crippen LogP contribution in [-0.4, -0.2) is 38.6 Å². The fraction of sp³-hybridized carbons (Fsp3) is 0.500. The summed E-state index contributed by atoms with van der Waals surface area (Å²) in [6, 6.07) is 5.21. The maximum atomic E-state index is 12.2. The third kappa shape index (κ3) is 3.50. The van der Waals surface area contributed by atoms with Gasteiger partial charge in [0.25, 0.3) is 0 Å². The maximum absolute atomic E-state index is 12.2. The molecule has 1 aliphatic rings. The summed E-state index contributed by atoms with van der Waals surface area (Å²) in [7, 11) is 3.12. The van der Waals surface area contributed by atoms with Crippen LogP contribution >= 0.6 is 0 Å². The predicted octanol–water partition coefficient (Wildman–Crippen LogP) is 1.73. The Bertz CT molecular complexity index is 559. The van der Waals surface area contributed by atoms with Gasteiger partial charge in [0, 0.05) is 31.1 Å². The van der Waals surface area contributed by atoms with E-state index >= 15 is 0 Å². The molecule has 0 aromatic heterocycles. The standard InChI is InChI=1S/C16H22N2O4/c1-4-5-15(19)17-11-8-16(20)18(10-11)12-6-7-13(21-2)14(9-12)22-3/h6-7,9,11H,4-5,8,10H2,1-3H3,(H,17,19)/t11-/m1/s1. The van der Waals surface area contributed by atoms with Crippen LogP contribution in [0.15, 0.2) is 18.2 Å². The number of benzene rings is 1. The summed E-state index contributed by atoms with van der Waals surface area (Å²) in [6.45, 7) is 2.43. The number of methoxy groups -OCH3 is 2. The van der Waals surface area contributed by atoms with Gasteiger partial charge in [-0.2, -0.15) is 0 Å². The summed E-state index contributed by atoms with van der Waals surface area (Å²) in [5.74, 6) is 1.18. The highest BCUT2D eigenvalue weighted by molar-refractivity contribution is 5.97. The van der Waals surface area contributed by atoms with Crippen LogP contribution in [0, 0.1) is 0 Å². The second-order valence-electron chi connectivity index (χ2n) is 5.26. The van der Waals surface area contributed by atoms with Crippen LogP contribution in [0.3, 0.4) is 0 Å². The van der Waals surface area contributed by atoms with Gasteiger partial charge in [0.1, 0.15) is 0 Å². The molecule has 2 rings (SSSR count). The van der Waals surface area contributed by atoms with Gasteiger partial charge >= 0.3 is 0 Å². The first-order valence-electron chi connectivity index (χ1n) is 7.40. The van der Waals surface area contributed by atoms with Crippen molar-refractivity contribution in [2.24, 2.45) is 0 Å². The maximum Gasteiger partial charge on any atom is 0.229 e. The molecule has 6 heteroatoms. The van der Waals surface area contributed by atoms with Crippen LogP contribution in [0.25, 0.3) is 0 Å². The number of ether oxygens (including phenoxy) is 2. The Morgan fingerprint density at radius 3 is 2.68 bits per heavy atom. The molecule has 1 aromatic rings. The summed E-state index contributed by atoms with van der Waals surface area (Å²) in [5, 5.41) is 2.90. The quantitative estimate of drug-likeness (QED) is 0.869. The normalized spacial score (nSPS) is 17.5. The van der Waals surface area contributed by atoms with Crippen molar-refractivity contribution in [3.8, 4) is 11.5 Å². The number of amides is 2. The highest BCUT2D eigenvalue weighted by atomic mass is 16.5. The van der Waals surface area contributed by atoms with Crippen molar-refractivity contribution in [1.29, 1.82) is 0 Å². The Balaban J connectivity index is 2.10. The van der Waals surface area contributed by atoms with Crippen LogP contribution in [0.5, 0.6) is 11.5 Å². The van der Waals surface area contributed by atoms with E-state index in [0.717, 1.165) is 12.1 Å². The third-order valence-corrected chi connectivity index (χ3v) is 3.65. The largest absolute Gasteiger partial charge is 0.493 e. The van der Waals surface area contributed by atoms with Crippen molar-refractivity contribution in [2.45, 2.75) is 32.2 Å². The molecular formula is C16H22N2O4. The fourth-order valence-corrected chi connectivity index (χ4v) is 2.57. The average Bonchev–Trinajstić information content (AvgIpc) is 2.87. The Morgan fingerprint density at radius 1 is 1.32 bits per heavy atom. The molecule has 120 valence electrons. The molecule has 2 amide bonds. The molecule has 6 nitrogen and oxygen atoms in total. The molecule has 1 saturated heterocycles. The molecule has 0 radical (unpaired) electrons. The van der Waals surface area contributed by atoms with Crippen LogP contribution in [-0.2, 0) is 9.59 Å². The zero-order valence-corrected chi connectivity index (χ0v) is 13.2. The molecular weight excluding hydrogens is 284 g/mol. The van der Waals surface area contributed by atoms with Gasteiger partial charge in [0.2, 0.25) is 11.8 Å². The minimum Gasteiger partial charge on any atom is -0.493 e. The van der Waals surface area contributed by atoms with Gasteiger partial charge in [-0.25, -0.2) is 0 Å². The van der Waals surface area contributed by atoms with E-state index in [4.69, 9.17) is 9.47 Å².